The molecular weight excluding hydrogens is 289 g/mol. The molecule has 0 aliphatic carbocycles. The second-order valence-corrected chi connectivity index (χ2v) is 6.11. The predicted molar refractivity (Wildman–Crippen MR) is 82.6 cm³/mol. The van der Waals surface area contributed by atoms with Crippen molar-refractivity contribution >= 4 is 12.6 Å². The third-order valence-electron chi connectivity index (χ3n) is 4.35. The summed E-state index contributed by atoms with van der Waals surface area (Å²) in [6, 6.07) is 7.44. The topological polar surface area (TPSA) is 27.7 Å². The van der Waals surface area contributed by atoms with Gasteiger partial charge in [0.15, 0.2) is 0 Å². The highest BCUT2D eigenvalue weighted by Crippen LogP contribution is 2.40. The minimum Gasteiger partial charge on any atom is -0.497 e. The molecule has 1 saturated heterocycles. The highest BCUT2D eigenvalue weighted by molar-refractivity contribution is 6.62. The normalized spacial score (nSPS) is 23.5. The van der Waals surface area contributed by atoms with Gasteiger partial charge in [-0.2, -0.15) is 8.78 Å². The van der Waals surface area contributed by atoms with Crippen LogP contribution in [0.2, 0.25) is 0 Å². The molecule has 1 heterocycles. The summed E-state index contributed by atoms with van der Waals surface area (Å²) in [5.74, 6) is 0.757. The second-order valence-electron chi connectivity index (χ2n) is 6.11. The van der Waals surface area contributed by atoms with Crippen LogP contribution in [0.25, 0.3) is 0 Å². The van der Waals surface area contributed by atoms with Gasteiger partial charge < -0.3 is 14.0 Å². The quantitative estimate of drug-likeness (QED) is 0.779. The van der Waals surface area contributed by atoms with Crippen molar-refractivity contribution < 1.29 is 22.8 Å². The lowest BCUT2D eigenvalue weighted by molar-refractivity contribution is -0.0149. The van der Waals surface area contributed by atoms with Crippen LogP contribution in [0.1, 0.15) is 33.6 Å². The molecule has 1 unspecified atom stereocenters. The molecule has 0 spiro atoms. The van der Waals surface area contributed by atoms with Gasteiger partial charge in [-0.1, -0.05) is 12.1 Å². The first-order valence-corrected chi connectivity index (χ1v) is 7.28. The van der Waals surface area contributed by atoms with Crippen molar-refractivity contribution in [2.45, 2.75) is 44.8 Å². The molecule has 0 amide bonds. The van der Waals surface area contributed by atoms with Crippen LogP contribution in [0.15, 0.2) is 36.4 Å². The van der Waals surface area contributed by atoms with E-state index >= 15 is 0 Å². The minimum absolute atomic E-state index is 0.251. The van der Waals surface area contributed by atoms with Gasteiger partial charge >= 0.3 is 7.12 Å². The van der Waals surface area contributed by atoms with Crippen molar-refractivity contribution in [1.29, 1.82) is 0 Å². The van der Waals surface area contributed by atoms with Crippen LogP contribution in [0.3, 0.4) is 0 Å². The maximum absolute atomic E-state index is 12.2. The number of halogens is 2. The lowest BCUT2D eigenvalue weighted by Crippen LogP contribution is -2.44. The van der Waals surface area contributed by atoms with Gasteiger partial charge in [-0.3, -0.25) is 0 Å². The Morgan fingerprint density at radius 2 is 1.82 bits per heavy atom. The van der Waals surface area contributed by atoms with Crippen LogP contribution in [0.5, 0.6) is 5.75 Å². The van der Waals surface area contributed by atoms with Gasteiger partial charge in [0.1, 0.15) is 5.75 Å². The monoisotopic (exact) mass is 310 g/mol. The molecule has 6 heteroatoms. The van der Waals surface area contributed by atoms with Crippen LogP contribution in [0, 0.1) is 0 Å². The van der Waals surface area contributed by atoms with E-state index < -0.39 is 24.4 Å². The molecular formula is C16H21BF2O3. The van der Waals surface area contributed by atoms with Gasteiger partial charge in [0.25, 0.3) is 6.08 Å². The summed E-state index contributed by atoms with van der Waals surface area (Å²) in [7, 11) is 1.10. The molecule has 22 heavy (non-hydrogen) atoms. The number of allylic oxidation sites excluding steroid dienone is 1. The zero-order valence-corrected chi connectivity index (χ0v) is 13.4. The fourth-order valence-electron chi connectivity index (χ4n) is 2.51. The molecule has 0 bridgehead atoms. The van der Waals surface area contributed by atoms with Crippen LogP contribution in [-0.4, -0.2) is 25.4 Å². The van der Waals surface area contributed by atoms with E-state index in [1.54, 1.807) is 7.11 Å². The first kappa shape index (κ1) is 17.0. The zero-order chi connectivity index (χ0) is 16.4. The fourth-order valence-corrected chi connectivity index (χ4v) is 2.51. The largest absolute Gasteiger partial charge is 0.497 e. The van der Waals surface area contributed by atoms with Crippen LogP contribution >= 0.6 is 0 Å². The summed E-state index contributed by atoms with van der Waals surface area (Å²) in [5.41, 5.74) is -0.327. The molecule has 0 radical (unpaired) electrons. The number of methoxy groups -OCH3 is 1. The summed E-state index contributed by atoms with van der Waals surface area (Å²) < 4.78 is 41.6. The van der Waals surface area contributed by atoms with E-state index in [2.05, 4.69) is 0 Å². The van der Waals surface area contributed by atoms with Gasteiger partial charge in [0.2, 0.25) is 0 Å². The van der Waals surface area contributed by atoms with Gasteiger partial charge in [-0.15, -0.1) is 0 Å². The van der Waals surface area contributed by atoms with Gasteiger partial charge in [0.05, 0.1) is 18.3 Å². The van der Waals surface area contributed by atoms with E-state index in [0.29, 0.717) is 6.42 Å². The first-order valence-electron chi connectivity index (χ1n) is 7.28. The van der Waals surface area contributed by atoms with E-state index in [1.807, 2.05) is 45.0 Å². The molecule has 0 aromatic heterocycles. The summed E-state index contributed by atoms with van der Waals surface area (Å²) in [5, 5.41) is 0. The molecule has 0 N–H and O–H groups in total. The Labute approximate surface area is 130 Å². The third-order valence-corrected chi connectivity index (χ3v) is 4.35. The molecule has 1 fully saturated rings. The first-order chi connectivity index (χ1) is 10.3. The minimum atomic E-state index is -1.66. The molecule has 1 aromatic carbocycles. The standard InChI is InChI=1S/C16H21BF2O3/c1-15(2)16(3,11-5-6-14(18)19)22-17(21-15)12-7-9-13(20-4)10-8-12/h6-10H,5,11H2,1-4H3. The summed E-state index contributed by atoms with van der Waals surface area (Å²) >= 11 is 0. The van der Waals surface area contributed by atoms with Crippen molar-refractivity contribution in [2.24, 2.45) is 0 Å². The predicted octanol–water partition coefficient (Wildman–Crippen LogP) is 3.54. The Balaban J connectivity index is 2.12. The Morgan fingerprint density at radius 3 is 2.36 bits per heavy atom. The molecule has 3 nitrogen and oxygen atoms in total. The zero-order valence-electron chi connectivity index (χ0n) is 13.4. The Morgan fingerprint density at radius 1 is 1.18 bits per heavy atom. The van der Waals surface area contributed by atoms with E-state index in [1.165, 1.54) is 0 Å². The smallest absolute Gasteiger partial charge is 0.494 e. The van der Waals surface area contributed by atoms with Crippen molar-refractivity contribution in [3.05, 3.63) is 36.4 Å². The van der Waals surface area contributed by atoms with E-state index in [-0.39, 0.29) is 6.42 Å². The molecule has 120 valence electrons. The van der Waals surface area contributed by atoms with E-state index in [9.17, 15) is 8.78 Å². The lowest BCUT2D eigenvalue weighted by atomic mass is 9.79. The average molecular weight is 310 g/mol. The Bertz CT molecular complexity index is 541. The van der Waals surface area contributed by atoms with Gasteiger partial charge in [-0.25, -0.2) is 0 Å². The lowest BCUT2D eigenvalue weighted by Gasteiger charge is -2.36. The van der Waals surface area contributed by atoms with Crippen molar-refractivity contribution in [3.8, 4) is 5.75 Å². The van der Waals surface area contributed by atoms with Gasteiger partial charge in [-0.05, 0) is 57.3 Å². The molecule has 1 aliphatic rings. The maximum atomic E-state index is 12.2. The average Bonchev–Trinajstić information content (AvgIpc) is 2.69. The molecule has 1 aromatic rings. The number of ether oxygens (including phenoxy) is 1. The highest BCUT2D eigenvalue weighted by atomic mass is 19.3. The van der Waals surface area contributed by atoms with Crippen molar-refractivity contribution in [1.82, 2.24) is 0 Å². The van der Waals surface area contributed by atoms with Crippen molar-refractivity contribution in [3.63, 3.8) is 0 Å². The summed E-state index contributed by atoms with van der Waals surface area (Å²) in [6.07, 6.45) is -0.0249. The van der Waals surface area contributed by atoms with Crippen LogP contribution in [0.4, 0.5) is 8.78 Å². The number of hydrogen-bond donors (Lipinski definition) is 0. The Hall–Kier alpha value is -1.40. The third kappa shape index (κ3) is 3.50. The highest BCUT2D eigenvalue weighted by Gasteiger charge is 2.53. The SMILES string of the molecule is COc1ccc(B2OC(C)(C)C(C)(CCC=C(F)F)O2)cc1. The van der Waals surface area contributed by atoms with Gasteiger partial charge in [0, 0.05) is 0 Å². The van der Waals surface area contributed by atoms with E-state index in [0.717, 1.165) is 17.3 Å². The fraction of sp³-hybridized carbons (Fsp3) is 0.500. The van der Waals surface area contributed by atoms with Crippen molar-refractivity contribution in [2.75, 3.05) is 7.11 Å². The summed E-state index contributed by atoms with van der Waals surface area (Å²) in [4.78, 5) is 0. The number of hydrogen-bond acceptors (Lipinski definition) is 3. The number of benzene rings is 1. The van der Waals surface area contributed by atoms with Crippen LogP contribution in [-0.2, 0) is 9.31 Å². The number of rotatable bonds is 5. The summed E-state index contributed by atoms with van der Waals surface area (Å²) in [6.45, 7) is 5.75. The van der Waals surface area contributed by atoms with Crippen LogP contribution < -0.4 is 10.2 Å². The molecule has 0 saturated carbocycles. The second kappa shape index (κ2) is 6.38. The molecule has 2 rings (SSSR count). The maximum Gasteiger partial charge on any atom is 0.494 e. The molecule has 1 atom stereocenters. The Kier molecular flexibility index (Phi) is 4.92. The molecule has 1 aliphatic heterocycles. The van der Waals surface area contributed by atoms with E-state index in [4.69, 9.17) is 14.0 Å².